The molecule has 1 aliphatic heterocycles. The lowest BCUT2D eigenvalue weighted by Gasteiger charge is -2.30. The van der Waals surface area contributed by atoms with Gasteiger partial charge in [-0.1, -0.05) is 26.0 Å². The molecule has 0 unspecified atom stereocenters. The van der Waals surface area contributed by atoms with Crippen LogP contribution in [-0.4, -0.2) is 24.1 Å². The van der Waals surface area contributed by atoms with E-state index in [1.54, 1.807) is 0 Å². The first-order valence-electron chi connectivity index (χ1n) is 9.05. The van der Waals surface area contributed by atoms with Crippen molar-refractivity contribution < 1.29 is 14.3 Å². The number of benzene rings is 1. The lowest BCUT2D eigenvalue weighted by molar-refractivity contribution is -0.119. The molecule has 1 aromatic carbocycles. The van der Waals surface area contributed by atoms with Crippen molar-refractivity contribution in [2.75, 3.05) is 11.4 Å². The molecule has 0 atom stereocenters. The number of nitrogens with zero attached hydrogens (tertiary/aromatic N) is 1. The van der Waals surface area contributed by atoms with Crippen molar-refractivity contribution in [3.8, 4) is 0 Å². The van der Waals surface area contributed by atoms with Crippen molar-refractivity contribution in [1.29, 1.82) is 0 Å². The minimum atomic E-state index is -0.503. The first-order chi connectivity index (χ1) is 11.7. The molecule has 25 heavy (non-hydrogen) atoms. The van der Waals surface area contributed by atoms with Crippen LogP contribution in [0.15, 0.2) is 18.2 Å². The standard InChI is InChI=1S/C20H30N2O3/c1-14(2)11-18(23)22-10-6-7-16-12-15(8-9-17(16)22)13-21-19(24)25-20(3,4)5/h8-9,12,14H,6-7,10-11,13H2,1-5H3,(H,21,24). The van der Waals surface area contributed by atoms with Gasteiger partial charge in [0, 0.05) is 25.2 Å². The van der Waals surface area contributed by atoms with Crippen molar-refractivity contribution in [2.45, 2.75) is 66.0 Å². The highest BCUT2D eigenvalue weighted by Crippen LogP contribution is 2.29. The Hall–Kier alpha value is -2.04. The summed E-state index contributed by atoms with van der Waals surface area (Å²) in [6.07, 6.45) is 2.08. The summed E-state index contributed by atoms with van der Waals surface area (Å²) in [6, 6.07) is 6.05. The summed E-state index contributed by atoms with van der Waals surface area (Å²) in [7, 11) is 0. The summed E-state index contributed by atoms with van der Waals surface area (Å²) >= 11 is 0. The summed E-state index contributed by atoms with van der Waals surface area (Å²) in [6.45, 7) is 10.9. The molecule has 1 aliphatic rings. The number of anilines is 1. The monoisotopic (exact) mass is 346 g/mol. The number of carbonyl (C=O) groups excluding carboxylic acids is 2. The summed E-state index contributed by atoms with van der Waals surface area (Å²) in [5, 5.41) is 2.78. The second-order valence-corrected chi connectivity index (χ2v) is 8.07. The molecule has 0 bridgehead atoms. The third-order valence-electron chi connectivity index (χ3n) is 3.98. The van der Waals surface area contributed by atoms with Gasteiger partial charge in [0.15, 0.2) is 0 Å². The van der Waals surface area contributed by atoms with E-state index < -0.39 is 11.7 Å². The molecule has 0 fully saturated rings. The summed E-state index contributed by atoms with van der Waals surface area (Å²) < 4.78 is 5.25. The van der Waals surface area contributed by atoms with Gasteiger partial charge >= 0.3 is 6.09 Å². The van der Waals surface area contributed by atoms with E-state index in [1.807, 2.05) is 37.8 Å². The van der Waals surface area contributed by atoms with Crippen LogP contribution < -0.4 is 10.2 Å². The number of alkyl carbamates (subject to hydrolysis) is 1. The quantitative estimate of drug-likeness (QED) is 0.895. The molecule has 0 radical (unpaired) electrons. The van der Waals surface area contributed by atoms with Gasteiger partial charge in [-0.2, -0.15) is 0 Å². The van der Waals surface area contributed by atoms with Gasteiger partial charge < -0.3 is 15.0 Å². The lowest BCUT2D eigenvalue weighted by atomic mass is 9.98. The van der Waals surface area contributed by atoms with Crippen LogP contribution in [0.4, 0.5) is 10.5 Å². The average Bonchev–Trinajstić information content (AvgIpc) is 2.49. The minimum absolute atomic E-state index is 0.190. The fourth-order valence-electron chi connectivity index (χ4n) is 2.97. The number of fused-ring (bicyclic) bond motifs is 1. The van der Waals surface area contributed by atoms with Crippen LogP contribution in [0, 0.1) is 5.92 Å². The number of aryl methyl sites for hydroxylation is 1. The van der Waals surface area contributed by atoms with Crippen LogP contribution in [0.2, 0.25) is 0 Å². The van der Waals surface area contributed by atoms with Crippen molar-refractivity contribution in [3.05, 3.63) is 29.3 Å². The van der Waals surface area contributed by atoms with E-state index in [4.69, 9.17) is 4.74 Å². The molecule has 0 saturated heterocycles. The molecule has 1 N–H and O–H groups in total. The Kier molecular flexibility index (Phi) is 6.09. The van der Waals surface area contributed by atoms with Gasteiger partial charge in [0.25, 0.3) is 0 Å². The van der Waals surface area contributed by atoms with Gasteiger partial charge in [0.1, 0.15) is 5.60 Å². The van der Waals surface area contributed by atoms with Gasteiger partial charge in [-0.25, -0.2) is 4.79 Å². The molecule has 0 saturated carbocycles. The van der Waals surface area contributed by atoms with E-state index in [0.29, 0.717) is 18.9 Å². The van der Waals surface area contributed by atoms with Gasteiger partial charge in [-0.3, -0.25) is 4.79 Å². The lowest BCUT2D eigenvalue weighted by Crippen LogP contribution is -2.36. The van der Waals surface area contributed by atoms with E-state index in [-0.39, 0.29) is 5.91 Å². The maximum atomic E-state index is 12.5. The first kappa shape index (κ1) is 19.3. The number of nitrogens with one attached hydrogen (secondary N) is 1. The fraction of sp³-hybridized carbons (Fsp3) is 0.600. The van der Waals surface area contributed by atoms with Gasteiger partial charge in [-0.05, 0) is 56.7 Å². The van der Waals surface area contributed by atoms with Crippen LogP contribution in [0.5, 0.6) is 0 Å². The zero-order valence-corrected chi connectivity index (χ0v) is 16.0. The maximum absolute atomic E-state index is 12.5. The van der Waals surface area contributed by atoms with E-state index in [1.165, 1.54) is 5.56 Å². The molecule has 0 aromatic heterocycles. The highest BCUT2D eigenvalue weighted by molar-refractivity contribution is 5.94. The molecule has 1 heterocycles. The van der Waals surface area contributed by atoms with Crippen LogP contribution in [0.1, 0.15) is 58.6 Å². The number of hydrogen-bond donors (Lipinski definition) is 1. The van der Waals surface area contributed by atoms with E-state index in [2.05, 4.69) is 25.2 Å². The van der Waals surface area contributed by atoms with E-state index in [9.17, 15) is 9.59 Å². The van der Waals surface area contributed by atoms with Crippen LogP contribution in [-0.2, 0) is 22.5 Å². The van der Waals surface area contributed by atoms with Crippen LogP contribution >= 0.6 is 0 Å². The first-order valence-corrected chi connectivity index (χ1v) is 9.05. The van der Waals surface area contributed by atoms with E-state index >= 15 is 0 Å². The normalized spacial score (nSPS) is 14.2. The predicted molar refractivity (Wildman–Crippen MR) is 99.6 cm³/mol. The highest BCUT2D eigenvalue weighted by Gasteiger charge is 2.23. The Morgan fingerprint density at radius 3 is 2.64 bits per heavy atom. The summed E-state index contributed by atoms with van der Waals surface area (Å²) in [5.41, 5.74) is 2.70. The predicted octanol–water partition coefficient (Wildman–Crippen LogP) is 4.04. The van der Waals surface area contributed by atoms with Gasteiger partial charge in [-0.15, -0.1) is 0 Å². The third kappa shape index (κ3) is 5.76. The Balaban J connectivity index is 2.04. The molecule has 1 aromatic rings. The molecule has 5 nitrogen and oxygen atoms in total. The van der Waals surface area contributed by atoms with E-state index in [0.717, 1.165) is 30.6 Å². The molecule has 0 aliphatic carbocycles. The summed E-state index contributed by atoms with van der Waals surface area (Å²) in [5.74, 6) is 0.547. The zero-order valence-electron chi connectivity index (χ0n) is 16.0. The molecular weight excluding hydrogens is 316 g/mol. The second-order valence-electron chi connectivity index (χ2n) is 8.07. The Labute approximate surface area is 150 Å². The second kappa shape index (κ2) is 7.89. The molecule has 0 spiro atoms. The third-order valence-corrected chi connectivity index (χ3v) is 3.98. The van der Waals surface area contributed by atoms with Gasteiger partial charge in [0.05, 0.1) is 0 Å². The van der Waals surface area contributed by atoms with Crippen molar-refractivity contribution in [1.82, 2.24) is 5.32 Å². The van der Waals surface area contributed by atoms with Crippen molar-refractivity contribution >= 4 is 17.7 Å². The molecule has 138 valence electrons. The van der Waals surface area contributed by atoms with Crippen molar-refractivity contribution in [2.24, 2.45) is 5.92 Å². The van der Waals surface area contributed by atoms with Crippen molar-refractivity contribution in [3.63, 3.8) is 0 Å². The number of rotatable bonds is 4. The maximum Gasteiger partial charge on any atom is 0.407 e. The molecule has 5 heteroatoms. The highest BCUT2D eigenvalue weighted by atomic mass is 16.6. The number of carbonyl (C=O) groups is 2. The van der Waals surface area contributed by atoms with Gasteiger partial charge in [0.2, 0.25) is 5.91 Å². The smallest absolute Gasteiger partial charge is 0.407 e. The Morgan fingerprint density at radius 1 is 1.28 bits per heavy atom. The SMILES string of the molecule is CC(C)CC(=O)N1CCCc2cc(CNC(=O)OC(C)(C)C)ccc21. The molecule has 2 amide bonds. The zero-order chi connectivity index (χ0) is 18.6. The Bertz CT molecular complexity index is 632. The fourth-order valence-corrected chi connectivity index (χ4v) is 2.97. The minimum Gasteiger partial charge on any atom is -0.444 e. The van der Waals surface area contributed by atoms with Crippen LogP contribution in [0.3, 0.4) is 0 Å². The number of amides is 2. The summed E-state index contributed by atoms with van der Waals surface area (Å²) in [4.78, 5) is 26.1. The number of ether oxygens (including phenoxy) is 1. The largest absolute Gasteiger partial charge is 0.444 e. The molecular formula is C20H30N2O3. The molecule has 2 rings (SSSR count). The van der Waals surface area contributed by atoms with Crippen LogP contribution in [0.25, 0.3) is 0 Å². The number of hydrogen-bond acceptors (Lipinski definition) is 3. The average molecular weight is 346 g/mol. The Morgan fingerprint density at radius 2 is 2.00 bits per heavy atom. The topological polar surface area (TPSA) is 58.6 Å².